The molecule has 0 aliphatic heterocycles. The summed E-state index contributed by atoms with van der Waals surface area (Å²) in [6.07, 6.45) is 8.20. The van der Waals surface area contributed by atoms with Crippen LogP contribution in [-0.4, -0.2) is 19.6 Å². The zero-order valence-electron chi connectivity index (χ0n) is 47.7. The number of phenols is 1. The molecule has 0 saturated heterocycles. The number of aromatic hydroxyl groups is 1. The van der Waals surface area contributed by atoms with Gasteiger partial charge in [-0.3, -0.25) is 9.55 Å². The maximum Gasteiger partial charge on any atom is 0.148 e. The minimum atomic E-state index is -0.335. The molecule has 0 spiro atoms. The fourth-order valence-electron chi connectivity index (χ4n) is 11.9. The normalized spacial score (nSPS) is 13.4. The van der Waals surface area contributed by atoms with Gasteiger partial charge in [-0.25, -0.2) is 4.98 Å². The molecule has 10 aromatic rings. The van der Waals surface area contributed by atoms with Crippen molar-refractivity contribution in [2.24, 2.45) is 5.92 Å². The van der Waals surface area contributed by atoms with Crippen molar-refractivity contribution < 1.29 is 26.2 Å². The summed E-state index contributed by atoms with van der Waals surface area (Å²) in [6, 6.07) is 72.2. The van der Waals surface area contributed by atoms with E-state index in [-0.39, 0.29) is 48.5 Å². The molecule has 4 nitrogen and oxygen atoms in total. The molecule has 0 radical (unpaired) electrons. The number of nitrogens with zero attached hydrogens (tertiary/aromatic N) is 3. The van der Waals surface area contributed by atoms with Crippen LogP contribution in [0.15, 0.2) is 194 Å². The molecule has 0 bridgehead atoms. The quantitative estimate of drug-likeness (QED) is 0.104. The summed E-state index contributed by atoms with van der Waals surface area (Å²) in [5, 5.41) is 12.7. The molecule has 11 rings (SSSR count). The fourth-order valence-corrected chi connectivity index (χ4v) is 11.9. The minimum absolute atomic E-state index is 0. The van der Waals surface area contributed by atoms with Crippen LogP contribution in [0.2, 0.25) is 0 Å². The first-order valence-corrected chi connectivity index (χ1v) is 28.2. The number of phenolic OH excluding ortho intramolecular Hbond substituents is 1. The average molecular weight is 1220 g/mol. The van der Waals surface area contributed by atoms with E-state index in [1.807, 2.05) is 6.20 Å². The molecule has 8 aromatic carbocycles. The molecule has 2 aromatic heterocycles. The van der Waals surface area contributed by atoms with Crippen LogP contribution >= 0.6 is 0 Å². The van der Waals surface area contributed by atoms with E-state index >= 15 is 0 Å². The number of fused-ring (bicyclic) bond motifs is 1. The molecule has 402 valence electrons. The van der Waals surface area contributed by atoms with Crippen molar-refractivity contribution in [1.29, 1.82) is 0 Å². The summed E-state index contributed by atoms with van der Waals surface area (Å²) in [6.45, 7) is 22.4. The first-order valence-electron chi connectivity index (χ1n) is 28.2. The Morgan fingerprint density at radius 1 is 0.506 bits per heavy atom. The first kappa shape index (κ1) is 55.2. The summed E-state index contributed by atoms with van der Waals surface area (Å²) in [5.41, 5.74) is 19.0. The van der Waals surface area contributed by atoms with Crippen LogP contribution in [0, 0.1) is 12.0 Å². The molecule has 0 unspecified atom stereocenters. The molecular weight excluding hydrogens is 1140 g/mol. The van der Waals surface area contributed by atoms with Gasteiger partial charge in [0.2, 0.25) is 0 Å². The predicted molar refractivity (Wildman–Crippen MR) is 327 cm³/mol. The molecular formula is C74H74N3OPt-. The van der Waals surface area contributed by atoms with E-state index in [1.165, 1.54) is 53.5 Å². The van der Waals surface area contributed by atoms with Crippen LogP contribution in [0.5, 0.6) is 5.75 Å². The summed E-state index contributed by atoms with van der Waals surface area (Å²) in [7, 11) is 0. The van der Waals surface area contributed by atoms with E-state index in [9.17, 15) is 5.11 Å². The van der Waals surface area contributed by atoms with Gasteiger partial charge in [0.05, 0.1) is 22.3 Å². The van der Waals surface area contributed by atoms with Crippen LogP contribution in [0.25, 0.3) is 72.7 Å². The first-order chi connectivity index (χ1) is 37.3. The Labute approximate surface area is 484 Å². The van der Waals surface area contributed by atoms with Crippen molar-refractivity contribution >= 4 is 11.0 Å². The third-order valence-corrected chi connectivity index (χ3v) is 16.7. The van der Waals surface area contributed by atoms with Gasteiger partial charge in [0.1, 0.15) is 11.6 Å². The van der Waals surface area contributed by atoms with Crippen LogP contribution in [0.4, 0.5) is 0 Å². The Hall–Kier alpha value is -7.13. The van der Waals surface area contributed by atoms with Gasteiger partial charge < -0.3 is 5.11 Å². The summed E-state index contributed by atoms with van der Waals surface area (Å²) < 4.78 is 2.32. The second kappa shape index (κ2) is 21.8. The van der Waals surface area contributed by atoms with Crippen molar-refractivity contribution in [3.63, 3.8) is 0 Å². The number of pyridine rings is 1. The summed E-state index contributed by atoms with van der Waals surface area (Å²) in [4.78, 5) is 10.8. The Balaban J connectivity index is 0.00000704. The number of benzene rings is 8. The molecule has 1 fully saturated rings. The number of aromatic nitrogens is 3. The van der Waals surface area contributed by atoms with Gasteiger partial charge >= 0.3 is 0 Å². The topological polar surface area (TPSA) is 50.9 Å². The molecule has 5 heteroatoms. The Bertz CT molecular complexity index is 3730. The fraction of sp³-hybridized carbons (Fsp3) is 0.270. The van der Waals surface area contributed by atoms with Crippen LogP contribution in [0.3, 0.4) is 0 Å². The Kier molecular flexibility index (Phi) is 15.3. The molecule has 0 amide bonds. The van der Waals surface area contributed by atoms with Crippen molar-refractivity contribution in [3.05, 3.63) is 239 Å². The van der Waals surface area contributed by atoms with Crippen molar-refractivity contribution in [1.82, 2.24) is 14.5 Å². The zero-order valence-corrected chi connectivity index (χ0v) is 50.0. The van der Waals surface area contributed by atoms with Gasteiger partial charge in [0, 0.05) is 49.5 Å². The van der Waals surface area contributed by atoms with Gasteiger partial charge in [-0.2, -0.15) is 0 Å². The zero-order chi connectivity index (χ0) is 54.6. The molecule has 1 N–H and O–H groups in total. The number of hydrogen-bond acceptors (Lipinski definition) is 3. The largest absolute Gasteiger partial charge is 0.507 e. The van der Waals surface area contributed by atoms with Gasteiger partial charge in [-0.15, -0.1) is 29.3 Å². The molecule has 1 aliphatic rings. The maximum atomic E-state index is 12.7. The summed E-state index contributed by atoms with van der Waals surface area (Å²) in [5.74, 6) is 1.67. The molecule has 0 atom stereocenters. The second-order valence-electron chi connectivity index (χ2n) is 25.2. The van der Waals surface area contributed by atoms with Crippen LogP contribution < -0.4 is 0 Å². The number of para-hydroxylation sites is 1. The maximum absolute atomic E-state index is 12.7. The van der Waals surface area contributed by atoms with Crippen molar-refractivity contribution in [2.45, 2.75) is 123 Å². The van der Waals surface area contributed by atoms with E-state index < -0.39 is 0 Å². The van der Waals surface area contributed by atoms with Crippen molar-refractivity contribution in [2.75, 3.05) is 0 Å². The van der Waals surface area contributed by atoms with Crippen molar-refractivity contribution in [3.8, 4) is 67.5 Å². The second-order valence-corrected chi connectivity index (χ2v) is 25.2. The van der Waals surface area contributed by atoms with Gasteiger partial charge in [0.25, 0.3) is 0 Å². The van der Waals surface area contributed by atoms with Crippen LogP contribution in [0.1, 0.15) is 134 Å². The number of imidazole rings is 1. The standard InChI is InChI=1S/C74H74N3O.Pt/c1-71(2,3)59-44-54(43-55(45-59)65-46-53(39-40-75-65)51-34-36-58(37-35-51)74(10,56-27-16-12-17-28-56)57-29-18-13-19-30-57)61-31-22-32-67-68(61)76-70(63-47-60(72(4,5)6)48-64(69(63)78)73(7,8)9)77(67)66-38-33-50(41-49-23-20-21-24-49)42-62(66)52-25-14-11-15-26-52;/h11-19,22,25-40,42,44-49,78H,20-21,23-24,41H2,1-10H3;/q-1;. The Morgan fingerprint density at radius 3 is 1.72 bits per heavy atom. The SMILES string of the molecule is CC(C)(C)c1cc(-c2cc(-c3ccc(C(C)(c4ccccc4)c4ccccc4)cc3)ccn2)[c-]c(-c2cccc3c2nc(-c2cc(C(C)(C)C)cc(C(C)(C)C)c2O)n3-c2ccc(CC3CCCC3)cc2-c2ccccc2)c1.[Pt]. The molecule has 79 heavy (non-hydrogen) atoms. The minimum Gasteiger partial charge on any atom is -0.507 e. The number of rotatable bonds is 11. The average Bonchev–Trinajstić information content (AvgIpc) is 4.34. The molecule has 2 heterocycles. The molecule has 1 aliphatic carbocycles. The monoisotopic (exact) mass is 1220 g/mol. The summed E-state index contributed by atoms with van der Waals surface area (Å²) >= 11 is 0. The number of hydrogen-bond donors (Lipinski definition) is 1. The van der Waals surface area contributed by atoms with Gasteiger partial charge in [0.15, 0.2) is 0 Å². The van der Waals surface area contributed by atoms with E-state index in [0.29, 0.717) is 11.7 Å². The predicted octanol–water partition coefficient (Wildman–Crippen LogP) is 19.2. The third-order valence-electron chi connectivity index (χ3n) is 16.7. The Morgan fingerprint density at radius 2 is 1.10 bits per heavy atom. The van der Waals surface area contributed by atoms with E-state index in [0.717, 1.165) is 84.5 Å². The van der Waals surface area contributed by atoms with Gasteiger partial charge in [-0.1, -0.05) is 245 Å². The van der Waals surface area contributed by atoms with E-state index in [1.54, 1.807) is 0 Å². The third kappa shape index (κ3) is 11.0. The van der Waals surface area contributed by atoms with Gasteiger partial charge in [-0.05, 0) is 110 Å². The molecule has 1 saturated carbocycles. The van der Waals surface area contributed by atoms with Crippen LogP contribution in [-0.2, 0) is 49.1 Å². The smallest absolute Gasteiger partial charge is 0.148 e. The van der Waals surface area contributed by atoms with E-state index in [2.05, 4.69) is 268 Å². The van der Waals surface area contributed by atoms with E-state index in [4.69, 9.17) is 9.97 Å².